The summed E-state index contributed by atoms with van der Waals surface area (Å²) in [6, 6.07) is 9.12. The van der Waals surface area contributed by atoms with Crippen molar-refractivity contribution in [2.45, 2.75) is 19.6 Å². The van der Waals surface area contributed by atoms with Crippen molar-refractivity contribution in [3.8, 4) is 5.75 Å². The third kappa shape index (κ3) is 8.64. The van der Waals surface area contributed by atoms with Crippen molar-refractivity contribution in [1.29, 1.82) is 0 Å². The maximum atomic E-state index is 12.3. The van der Waals surface area contributed by atoms with Gasteiger partial charge in [-0.25, -0.2) is 4.79 Å². The number of carbonyl (C=O) groups excluding carboxylic acids is 1. The molecule has 2 aromatic rings. The van der Waals surface area contributed by atoms with Gasteiger partial charge in [-0.2, -0.15) is 5.10 Å². The van der Waals surface area contributed by atoms with E-state index in [1.54, 1.807) is 20.1 Å². The molecule has 1 heterocycles. The Balaban J connectivity index is 0.000000603. The first kappa shape index (κ1) is 28.2. The molecule has 1 atom stereocenters. The number of aliphatic hydroxyl groups is 1. The number of rotatable bonds is 9. The van der Waals surface area contributed by atoms with Crippen molar-refractivity contribution < 1.29 is 36.4 Å². The fraction of sp³-hybridized carbons (Fsp3) is 0.231. The SMILES string of the molecule is CCOC(=O)c1cc([C]2[CH][CH][CH][CH]2)nn1C[C@@H](O)CNc1ccc(OC)cc1.[CH]1[CH][CH][CH][CH]1.[Fe+2]. The van der Waals surface area contributed by atoms with Gasteiger partial charge in [0.2, 0.25) is 0 Å². The Morgan fingerprint density at radius 1 is 1.06 bits per heavy atom. The van der Waals surface area contributed by atoms with E-state index in [2.05, 4.69) is 10.4 Å². The van der Waals surface area contributed by atoms with Crippen LogP contribution >= 0.6 is 0 Å². The Labute approximate surface area is 214 Å². The summed E-state index contributed by atoms with van der Waals surface area (Å²) >= 11 is 0. The van der Waals surface area contributed by atoms with Gasteiger partial charge in [-0.1, -0.05) is 0 Å². The molecule has 10 radical (unpaired) electrons. The van der Waals surface area contributed by atoms with Crippen LogP contribution in [0.4, 0.5) is 5.69 Å². The molecule has 7 nitrogen and oxygen atoms in total. The van der Waals surface area contributed by atoms with E-state index in [1.165, 1.54) is 4.68 Å². The van der Waals surface area contributed by atoms with Gasteiger partial charge in [0.25, 0.3) is 0 Å². The van der Waals surface area contributed by atoms with Gasteiger partial charge >= 0.3 is 23.0 Å². The standard InChI is InChI=1S/C21H24N3O4.C5H5.Fe/c1-3-28-21(26)20-12-19(15-6-4-5-7-15)23-24(20)14-17(25)13-22-16-8-10-18(27-2)11-9-16;1-2-4-5-3-1;/h4-12,17,22,25H,3,13-14H2,1-2H3;1-5H;/q;;+2/t17-;;/m0../s1. The van der Waals surface area contributed by atoms with E-state index in [1.807, 2.05) is 82.1 Å². The average Bonchev–Trinajstić information content (AvgIpc) is 3.61. The molecule has 0 saturated heterocycles. The molecule has 0 unspecified atom stereocenters. The molecule has 8 heteroatoms. The van der Waals surface area contributed by atoms with Gasteiger partial charge in [-0.3, -0.25) is 4.68 Å². The molecular weight excluding hydrogens is 474 g/mol. The number of nitrogens with one attached hydrogen (secondary N) is 1. The van der Waals surface area contributed by atoms with Gasteiger partial charge < -0.3 is 19.9 Å². The molecule has 2 fully saturated rings. The predicted octanol–water partition coefficient (Wildman–Crippen LogP) is 3.31. The van der Waals surface area contributed by atoms with E-state index in [0.29, 0.717) is 17.9 Å². The molecule has 0 amide bonds. The number of aromatic nitrogens is 2. The topological polar surface area (TPSA) is 85.6 Å². The largest absolute Gasteiger partial charge is 2.00 e. The molecule has 0 spiro atoms. The molecule has 1 aromatic carbocycles. The second-order valence-corrected chi connectivity index (χ2v) is 7.22. The minimum absolute atomic E-state index is 0. The molecule has 34 heavy (non-hydrogen) atoms. The molecule has 2 aliphatic carbocycles. The van der Waals surface area contributed by atoms with Gasteiger partial charge in [0.1, 0.15) is 11.4 Å². The quantitative estimate of drug-likeness (QED) is 0.404. The number of carbonyl (C=O) groups is 1. The normalized spacial score (nSPS) is 16.2. The Bertz CT molecular complexity index is 839. The van der Waals surface area contributed by atoms with Crippen molar-refractivity contribution in [2.24, 2.45) is 0 Å². The number of ether oxygens (including phenoxy) is 2. The third-order valence-electron chi connectivity index (χ3n) is 4.79. The monoisotopic (exact) mass is 503 g/mol. The Morgan fingerprint density at radius 2 is 1.68 bits per heavy atom. The van der Waals surface area contributed by atoms with Crippen molar-refractivity contribution >= 4 is 11.7 Å². The van der Waals surface area contributed by atoms with E-state index in [0.717, 1.165) is 17.4 Å². The van der Waals surface area contributed by atoms with Crippen LogP contribution in [0.3, 0.4) is 0 Å². The van der Waals surface area contributed by atoms with Crippen LogP contribution in [0, 0.1) is 63.7 Å². The molecular formula is C26H29FeN3O4+2. The third-order valence-corrected chi connectivity index (χ3v) is 4.79. The Morgan fingerprint density at radius 3 is 2.24 bits per heavy atom. The van der Waals surface area contributed by atoms with Gasteiger partial charge in [-0.05, 0) is 95.0 Å². The van der Waals surface area contributed by atoms with Crippen LogP contribution in [0.15, 0.2) is 30.3 Å². The molecule has 2 N–H and O–H groups in total. The number of aliphatic hydroxyl groups excluding tert-OH is 1. The fourth-order valence-corrected chi connectivity index (χ4v) is 3.14. The van der Waals surface area contributed by atoms with Crippen LogP contribution in [0.2, 0.25) is 0 Å². The smallest absolute Gasteiger partial charge is 0.497 e. The maximum absolute atomic E-state index is 12.3. The van der Waals surface area contributed by atoms with Crippen LogP contribution < -0.4 is 10.1 Å². The second kappa shape index (κ2) is 15.1. The van der Waals surface area contributed by atoms with Crippen molar-refractivity contribution in [2.75, 3.05) is 25.6 Å². The molecule has 2 saturated carbocycles. The summed E-state index contributed by atoms with van der Waals surface area (Å²) in [4.78, 5) is 12.3. The molecule has 0 bridgehead atoms. The average molecular weight is 503 g/mol. The zero-order valence-electron chi connectivity index (χ0n) is 19.2. The molecule has 1 aromatic heterocycles. The van der Waals surface area contributed by atoms with Gasteiger partial charge in [0, 0.05) is 18.2 Å². The number of hydrogen-bond acceptors (Lipinski definition) is 6. The van der Waals surface area contributed by atoms with Gasteiger partial charge in [0.15, 0.2) is 0 Å². The van der Waals surface area contributed by atoms with Crippen LogP contribution in [0.5, 0.6) is 5.75 Å². The van der Waals surface area contributed by atoms with E-state index >= 15 is 0 Å². The number of methoxy groups -OCH3 is 1. The molecule has 178 valence electrons. The van der Waals surface area contributed by atoms with Crippen molar-refractivity contribution in [3.05, 3.63) is 105 Å². The van der Waals surface area contributed by atoms with E-state index in [-0.39, 0.29) is 30.2 Å². The molecule has 2 aliphatic rings. The summed E-state index contributed by atoms with van der Waals surface area (Å²) in [7, 11) is 1.61. The van der Waals surface area contributed by atoms with Crippen molar-refractivity contribution in [1.82, 2.24) is 9.78 Å². The molecule has 4 rings (SSSR count). The number of esters is 1. The fourth-order valence-electron chi connectivity index (χ4n) is 3.14. The first-order valence-corrected chi connectivity index (χ1v) is 10.8. The van der Waals surface area contributed by atoms with Gasteiger partial charge in [0.05, 0.1) is 32.1 Å². The predicted molar refractivity (Wildman–Crippen MR) is 127 cm³/mol. The van der Waals surface area contributed by atoms with Gasteiger partial charge in [-0.15, -0.1) is 0 Å². The summed E-state index contributed by atoms with van der Waals surface area (Å²) in [5, 5.41) is 18.1. The van der Waals surface area contributed by atoms with E-state index in [9.17, 15) is 9.90 Å². The van der Waals surface area contributed by atoms with E-state index in [4.69, 9.17) is 9.47 Å². The summed E-state index contributed by atoms with van der Waals surface area (Å²) in [6.45, 7) is 2.50. The van der Waals surface area contributed by atoms with Crippen LogP contribution in [-0.2, 0) is 28.4 Å². The molecule has 0 aliphatic heterocycles. The van der Waals surface area contributed by atoms with Crippen LogP contribution in [-0.4, -0.2) is 47.2 Å². The first-order valence-electron chi connectivity index (χ1n) is 10.8. The maximum Gasteiger partial charge on any atom is 2.00 e. The Kier molecular flexibility index (Phi) is 12.5. The Hall–Kier alpha value is -2.02. The second-order valence-electron chi connectivity index (χ2n) is 7.22. The summed E-state index contributed by atoms with van der Waals surface area (Å²) in [6.07, 6.45) is 16.9. The number of anilines is 1. The number of nitrogens with zero attached hydrogens (tertiary/aromatic N) is 2. The number of benzene rings is 1. The number of hydrogen-bond donors (Lipinski definition) is 2. The summed E-state index contributed by atoms with van der Waals surface area (Å²) in [5.41, 5.74) is 1.85. The van der Waals surface area contributed by atoms with Crippen molar-refractivity contribution in [3.63, 3.8) is 0 Å². The van der Waals surface area contributed by atoms with Crippen LogP contribution in [0.1, 0.15) is 23.1 Å². The summed E-state index contributed by atoms with van der Waals surface area (Å²) in [5.74, 6) is 1.22. The first-order chi connectivity index (χ1) is 16.1. The summed E-state index contributed by atoms with van der Waals surface area (Å²) < 4.78 is 11.8. The van der Waals surface area contributed by atoms with E-state index < -0.39 is 12.1 Å². The van der Waals surface area contributed by atoms with Crippen LogP contribution in [0.25, 0.3) is 0 Å². The minimum Gasteiger partial charge on any atom is -0.497 e. The zero-order valence-corrected chi connectivity index (χ0v) is 20.3. The zero-order chi connectivity index (χ0) is 23.5. The minimum atomic E-state index is -0.748.